The van der Waals surface area contributed by atoms with Gasteiger partial charge in [0.05, 0.1) is 11.9 Å². The number of carbonyl (C=O) groups is 1. The molecule has 170 valence electrons. The monoisotopic (exact) mass is 436 g/mol. The Morgan fingerprint density at radius 2 is 2.00 bits per heavy atom. The van der Waals surface area contributed by atoms with Crippen molar-refractivity contribution >= 4 is 22.8 Å². The van der Waals surface area contributed by atoms with Crippen LogP contribution in [0.1, 0.15) is 20.8 Å². The highest BCUT2D eigenvalue weighted by molar-refractivity contribution is 5.93. The van der Waals surface area contributed by atoms with Gasteiger partial charge in [-0.1, -0.05) is 6.07 Å². The largest absolute Gasteiger partial charge is 0.491 e. The smallest absolute Gasteiger partial charge is 0.220 e. The van der Waals surface area contributed by atoms with E-state index in [-0.39, 0.29) is 18.0 Å². The lowest BCUT2D eigenvalue weighted by atomic mass is 10.1. The molecule has 0 aliphatic carbocycles. The second kappa shape index (κ2) is 9.16. The molecule has 4 rings (SSSR count). The first-order chi connectivity index (χ1) is 15.3. The molecule has 4 heterocycles. The van der Waals surface area contributed by atoms with E-state index in [0.29, 0.717) is 6.61 Å². The molecule has 0 bridgehead atoms. The molecule has 2 unspecified atom stereocenters. The maximum Gasteiger partial charge on any atom is 0.220 e. The summed E-state index contributed by atoms with van der Waals surface area (Å²) in [6.07, 6.45) is 3.70. The number of hydrogen-bond donors (Lipinski definition) is 1. The standard InChI is InChI=1S/C24H32N6O2/c1-16-14-29(15-17(2)30(16)18(3)31)23-8-6-7-22(27-23)21-13-26-24-20(21)11-19(12-25-24)32-10-9-28(4)5/h6-8,11-13,16-17H,9-10,14-15H2,1-5H3,(H,25,26). The maximum absolute atomic E-state index is 12.0. The van der Waals surface area contributed by atoms with E-state index in [4.69, 9.17) is 9.72 Å². The second-order valence-electron chi connectivity index (χ2n) is 8.83. The van der Waals surface area contributed by atoms with Crippen LogP contribution in [-0.4, -0.2) is 83.1 Å². The van der Waals surface area contributed by atoms with Crippen LogP contribution in [-0.2, 0) is 4.79 Å². The first-order valence-electron chi connectivity index (χ1n) is 11.1. The van der Waals surface area contributed by atoms with Crippen LogP contribution in [0.5, 0.6) is 5.75 Å². The van der Waals surface area contributed by atoms with Gasteiger partial charge in [-0.05, 0) is 46.1 Å². The SMILES string of the molecule is CC(=O)N1C(C)CN(c2cccc(-c3c[nH]c4ncc(OCCN(C)C)cc34)n2)CC1C. The molecular weight excluding hydrogens is 404 g/mol. The molecular formula is C24H32N6O2. The van der Waals surface area contributed by atoms with Crippen LogP contribution in [0.15, 0.2) is 36.7 Å². The summed E-state index contributed by atoms with van der Waals surface area (Å²) < 4.78 is 5.88. The number of H-pyrrole nitrogens is 1. The van der Waals surface area contributed by atoms with E-state index in [1.165, 1.54) is 0 Å². The lowest BCUT2D eigenvalue weighted by molar-refractivity contribution is -0.133. The van der Waals surface area contributed by atoms with Crippen LogP contribution < -0.4 is 9.64 Å². The zero-order chi connectivity index (χ0) is 22.8. The van der Waals surface area contributed by atoms with Crippen molar-refractivity contribution < 1.29 is 9.53 Å². The highest BCUT2D eigenvalue weighted by atomic mass is 16.5. The molecule has 1 fully saturated rings. The van der Waals surface area contributed by atoms with Crippen LogP contribution in [0.25, 0.3) is 22.3 Å². The summed E-state index contributed by atoms with van der Waals surface area (Å²) in [5, 5.41) is 0.986. The van der Waals surface area contributed by atoms with E-state index in [0.717, 1.165) is 53.5 Å². The molecule has 8 heteroatoms. The Balaban J connectivity index is 1.59. The fraction of sp³-hybridized carbons (Fsp3) is 0.458. The van der Waals surface area contributed by atoms with Crippen LogP contribution in [0.4, 0.5) is 5.82 Å². The van der Waals surface area contributed by atoms with Crippen molar-refractivity contribution in [2.75, 3.05) is 45.2 Å². The van der Waals surface area contributed by atoms with E-state index < -0.39 is 0 Å². The summed E-state index contributed by atoms with van der Waals surface area (Å²) in [7, 11) is 4.05. The number of aromatic nitrogens is 3. The molecule has 0 saturated carbocycles. The number of amides is 1. The van der Waals surface area contributed by atoms with Gasteiger partial charge in [0.25, 0.3) is 0 Å². The molecule has 3 aromatic heterocycles. The van der Waals surface area contributed by atoms with Crippen molar-refractivity contribution in [2.24, 2.45) is 0 Å². The normalized spacial score (nSPS) is 19.1. The molecule has 0 spiro atoms. The van der Waals surface area contributed by atoms with Gasteiger partial charge in [0.2, 0.25) is 5.91 Å². The molecule has 1 amide bonds. The Bertz CT molecular complexity index is 1080. The number of carbonyl (C=O) groups excluding carboxylic acids is 1. The highest BCUT2D eigenvalue weighted by Crippen LogP contribution is 2.31. The number of fused-ring (bicyclic) bond motifs is 1. The van der Waals surface area contributed by atoms with E-state index in [9.17, 15) is 4.79 Å². The lowest BCUT2D eigenvalue weighted by Gasteiger charge is -2.44. The Morgan fingerprint density at radius 1 is 1.25 bits per heavy atom. The zero-order valence-corrected chi connectivity index (χ0v) is 19.5. The molecule has 3 aromatic rings. The van der Waals surface area contributed by atoms with E-state index in [1.807, 2.05) is 49.5 Å². The summed E-state index contributed by atoms with van der Waals surface area (Å²) in [5.74, 6) is 1.80. The van der Waals surface area contributed by atoms with Crippen molar-refractivity contribution in [2.45, 2.75) is 32.9 Å². The van der Waals surface area contributed by atoms with Crippen molar-refractivity contribution in [1.82, 2.24) is 24.8 Å². The molecule has 2 atom stereocenters. The average Bonchev–Trinajstić information content (AvgIpc) is 3.16. The number of hydrogen-bond acceptors (Lipinski definition) is 6. The molecule has 8 nitrogen and oxygen atoms in total. The number of pyridine rings is 2. The fourth-order valence-corrected chi connectivity index (χ4v) is 4.50. The van der Waals surface area contributed by atoms with E-state index in [1.54, 1.807) is 13.1 Å². The average molecular weight is 437 g/mol. The summed E-state index contributed by atoms with van der Waals surface area (Å²) in [6, 6.07) is 8.39. The Kier molecular flexibility index (Phi) is 6.32. The third kappa shape index (κ3) is 4.55. The number of nitrogens with zero attached hydrogens (tertiary/aromatic N) is 5. The number of likely N-dealkylation sites (N-methyl/N-ethyl adjacent to an activating group) is 1. The first-order valence-corrected chi connectivity index (χ1v) is 11.1. The van der Waals surface area contributed by atoms with Gasteiger partial charge in [-0.3, -0.25) is 4.79 Å². The van der Waals surface area contributed by atoms with Crippen LogP contribution >= 0.6 is 0 Å². The minimum atomic E-state index is 0.126. The van der Waals surface area contributed by atoms with E-state index in [2.05, 4.69) is 33.6 Å². The van der Waals surface area contributed by atoms with Gasteiger partial charge >= 0.3 is 0 Å². The predicted octanol–water partition coefficient (Wildman–Crippen LogP) is 3.01. The molecule has 1 aliphatic rings. The van der Waals surface area contributed by atoms with Crippen LogP contribution in [0, 0.1) is 0 Å². The van der Waals surface area contributed by atoms with Gasteiger partial charge in [0.15, 0.2) is 0 Å². The summed E-state index contributed by atoms with van der Waals surface area (Å²) in [5.41, 5.74) is 2.69. The minimum Gasteiger partial charge on any atom is -0.491 e. The van der Waals surface area contributed by atoms with Gasteiger partial charge in [0.1, 0.15) is 23.8 Å². The fourth-order valence-electron chi connectivity index (χ4n) is 4.50. The highest BCUT2D eigenvalue weighted by Gasteiger charge is 2.31. The third-order valence-corrected chi connectivity index (χ3v) is 5.93. The third-order valence-electron chi connectivity index (χ3n) is 5.93. The number of piperazine rings is 1. The topological polar surface area (TPSA) is 77.6 Å². The minimum absolute atomic E-state index is 0.126. The number of ether oxygens (including phenoxy) is 1. The number of aromatic amines is 1. The molecule has 0 aromatic carbocycles. The Hall–Kier alpha value is -3.13. The summed E-state index contributed by atoms with van der Waals surface area (Å²) in [6.45, 7) is 8.81. The van der Waals surface area contributed by atoms with Gasteiger partial charge in [-0.2, -0.15) is 0 Å². The Labute approximate surface area is 189 Å². The van der Waals surface area contributed by atoms with Gasteiger partial charge in [-0.15, -0.1) is 0 Å². The molecule has 0 radical (unpaired) electrons. The van der Waals surface area contributed by atoms with Crippen LogP contribution in [0.3, 0.4) is 0 Å². The van der Waals surface area contributed by atoms with Gasteiger partial charge < -0.3 is 24.4 Å². The van der Waals surface area contributed by atoms with Crippen molar-refractivity contribution in [1.29, 1.82) is 0 Å². The van der Waals surface area contributed by atoms with Crippen molar-refractivity contribution in [3.05, 3.63) is 36.7 Å². The van der Waals surface area contributed by atoms with Crippen molar-refractivity contribution in [3.8, 4) is 17.0 Å². The van der Waals surface area contributed by atoms with Crippen LogP contribution in [0.2, 0.25) is 0 Å². The zero-order valence-electron chi connectivity index (χ0n) is 19.5. The Morgan fingerprint density at radius 3 is 2.69 bits per heavy atom. The molecule has 1 aliphatic heterocycles. The van der Waals surface area contributed by atoms with Crippen molar-refractivity contribution in [3.63, 3.8) is 0 Å². The first kappa shape index (κ1) is 22.1. The second-order valence-corrected chi connectivity index (χ2v) is 8.83. The molecule has 32 heavy (non-hydrogen) atoms. The predicted molar refractivity (Wildman–Crippen MR) is 127 cm³/mol. The number of rotatable bonds is 6. The molecule has 1 saturated heterocycles. The summed E-state index contributed by atoms with van der Waals surface area (Å²) >= 11 is 0. The van der Waals surface area contributed by atoms with Gasteiger partial charge in [0, 0.05) is 55.8 Å². The summed E-state index contributed by atoms with van der Waals surface area (Å²) in [4.78, 5) is 31.0. The quantitative estimate of drug-likeness (QED) is 0.640. The lowest BCUT2D eigenvalue weighted by Crippen LogP contribution is -2.58. The molecule has 1 N–H and O–H groups in total. The van der Waals surface area contributed by atoms with Gasteiger partial charge in [-0.25, -0.2) is 9.97 Å². The maximum atomic E-state index is 12.0. The number of nitrogens with one attached hydrogen (secondary N) is 1. The number of anilines is 1. The van der Waals surface area contributed by atoms with E-state index >= 15 is 0 Å².